The average molecular weight is 306 g/mol. The van der Waals surface area contributed by atoms with Gasteiger partial charge < -0.3 is 5.32 Å². The van der Waals surface area contributed by atoms with Gasteiger partial charge in [-0.05, 0) is 36.8 Å². The first-order valence-corrected chi connectivity index (χ1v) is 8.34. The van der Waals surface area contributed by atoms with Crippen LogP contribution in [-0.2, 0) is 6.54 Å². The van der Waals surface area contributed by atoms with Crippen LogP contribution in [0, 0.1) is 18.7 Å². The molecule has 2 heterocycles. The van der Waals surface area contributed by atoms with Crippen molar-refractivity contribution in [3.05, 3.63) is 41.3 Å². The zero-order valence-corrected chi connectivity index (χ0v) is 12.9. The summed E-state index contributed by atoms with van der Waals surface area (Å²) in [4.78, 5) is 0. The monoisotopic (exact) mass is 306 g/mol. The maximum absolute atomic E-state index is 13.7. The van der Waals surface area contributed by atoms with Crippen LogP contribution in [0.2, 0.25) is 0 Å². The van der Waals surface area contributed by atoms with Crippen LogP contribution in [-0.4, -0.2) is 33.0 Å². The molecule has 1 atom stereocenters. The fourth-order valence-corrected chi connectivity index (χ4v) is 3.73. The molecule has 1 fully saturated rings. The van der Waals surface area contributed by atoms with Crippen LogP contribution in [0.15, 0.2) is 24.3 Å². The van der Waals surface area contributed by atoms with E-state index in [4.69, 9.17) is 0 Å². The van der Waals surface area contributed by atoms with Crippen LogP contribution >= 0.6 is 11.8 Å². The van der Waals surface area contributed by atoms with Gasteiger partial charge in [0.05, 0.1) is 12.2 Å². The van der Waals surface area contributed by atoms with Gasteiger partial charge in [0.25, 0.3) is 0 Å². The maximum Gasteiger partial charge on any atom is 0.171 e. The molecule has 0 bridgehead atoms. The Hall–Kier alpha value is -1.56. The van der Waals surface area contributed by atoms with Crippen LogP contribution in [0.25, 0.3) is 0 Å². The molecule has 1 unspecified atom stereocenters. The Morgan fingerprint density at radius 2 is 2.29 bits per heavy atom. The molecule has 0 amide bonds. The van der Waals surface area contributed by atoms with E-state index in [0.29, 0.717) is 18.0 Å². The van der Waals surface area contributed by atoms with E-state index in [1.807, 2.05) is 24.8 Å². The quantitative estimate of drug-likeness (QED) is 0.922. The standard InChI is InChI=1S/C15H19FN4S/c1-11-15(17-8-12-6-7-21-10-12)18-19-20(11)9-13-4-2-3-5-14(13)16/h2-5,12,17H,6-10H2,1H3. The van der Waals surface area contributed by atoms with Gasteiger partial charge in [-0.1, -0.05) is 23.4 Å². The molecule has 1 N–H and O–H groups in total. The molecule has 1 aromatic heterocycles. The molecule has 2 aromatic rings. The molecule has 4 nitrogen and oxygen atoms in total. The minimum atomic E-state index is -0.204. The van der Waals surface area contributed by atoms with Crippen molar-refractivity contribution in [2.75, 3.05) is 23.4 Å². The molecule has 1 saturated heterocycles. The molecule has 0 aliphatic carbocycles. The Kier molecular flexibility index (Phi) is 4.43. The average Bonchev–Trinajstić information content (AvgIpc) is 3.11. The van der Waals surface area contributed by atoms with Crippen LogP contribution in [0.1, 0.15) is 17.7 Å². The first-order valence-electron chi connectivity index (χ1n) is 7.19. The molecule has 1 aliphatic rings. The first kappa shape index (κ1) is 14.4. The van der Waals surface area contributed by atoms with Gasteiger partial charge in [-0.25, -0.2) is 9.07 Å². The van der Waals surface area contributed by atoms with Crippen LogP contribution < -0.4 is 5.32 Å². The van der Waals surface area contributed by atoms with Gasteiger partial charge in [-0.2, -0.15) is 11.8 Å². The number of rotatable bonds is 5. The van der Waals surface area contributed by atoms with Gasteiger partial charge in [0, 0.05) is 12.1 Å². The van der Waals surface area contributed by atoms with E-state index in [2.05, 4.69) is 15.6 Å². The Morgan fingerprint density at radius 1 is 1.43 bits per heavy atom. The van der Waals surface area contributed by atoms with Crippen molar-refractivity contribution in [1.29, 1.82) is 0 Å². The molecule has 1 aliphatic heterocycles. The predicted octanol–water partition coefficient (Wildman–Crippen LogP) is 2.94. The Bertz CT molecular complexity index is 607. The van der Waals surface area contributed by atoms with Crippen molar-refractivity contribution in [2.45, 2.75) is 19.9 Å². The summed E-state index contributed by atoms with van der Waals surface area (Å²) in [5.41, 5.74) is 1.58. The number of nitrogens with zero attached hydrogens (tertiary/aromatic N) is 3. The molecule has 3 rings (SSSR count). The minimum Gasteiger partial charge on any atom is -0.367 e. The Balaban J connectivity index is 1.66. The highest BCUT2D eigenvalue weighted by Crippen LogP contribution is 2.24. The smallest absolute Gasteiger partial charge is 0.171 e. The van der Waals surface area contributed by atoms with Gasteiger partial charge in [-0.3, -0.25) is 0 Å². The third-order valence-corrected chi connectivity index (χ3v) is 5.07. The number of aromatic nitrogens is 3. The van der Waals surface area contributed by atoms with E-state index in [9.17, 15) is 4.39 Å². The zero-order chi connectivity index (χ0) is 14.7. The van der Waals surface area contributed by atoms with Crippen molar-refractivity contribution in [1.82, 2.24) is 15.0 Å². The lowest BCUT2D eigenvalue weighted by molar-refractivity contribution is 0.571. The highest BCUT2D eigenvalue weighted by atomic mass is 32.2. The van der Waals surface area contributed by atoms with Gasteiger partial charge in [0.15, 0.2) is 5.82 Å². The fraction of sp³-hybridized carbons (Fsp3) is 0.467. The molecule has 6 heteroatoms. The topological polar surface area (TPSA) is 42.7 Å². The number of benzene rings is 1. The molecule has 0 saturated carbocycles. The van der Waals surface area contributed by atoms with Crippen molar-refractivity contribution in [2.24, 2.45) is 5.92 Å². The lowest BCUT2D eigenvalue weighted by Crippen LogP contribution is -2.14. The summed E-state index contributed by atoms with van der Waals surface area (Å²) in [6.07, 6.45) is 1.26. The highest BCUT2D eigenvalue weighted by molar-refractivity contribution is 7.99. The highest BCUT2D eigenvalue weighted by Gasteiger charge is 2.17. The second-order valence-electron chi connectivity index (χ2n) is 5.38. The molecular formula is C15H19FN4S. The van der Waals surface area contributed by atoms with E-state index >= 15 is 0 Å². The largest absolute Gasteiger partial charge is 0.367 e. The van der Waals surface area contributed by atoms with E-state index in [1.165, 1.54) is 24.0 Å². The van der Waals surface area contributed by atoms with E-state index in [1.54, 1.807) is 16.8 Å². The number of hydrogen-bond donors (Lipinski definition) is 1. The molecule has 21 heavy (non-hydrogen) atoms. The summed E-state index contributed by atoms with van der Waals surface area (Å²) < 4.78 is 15.4. The van der Waals surface area contributed by atoms with Crippen molar-refractivity contribution >= 4 is 17.6 Å². The van der Waals surface area contributed by atoms with Gasteiger partial charge >= 0.3 is 0 Å². The summed E-state index contributed by atoms with van der Waals surface area (Å²) in [7, 11) is 0. The number of anilines is 1. The van der Waals surface area contributed by atoms with Crippen molar-refractivity contribution < 1.29 is 4.39 Å². The second-order valence-corrected chi connectivity index (χ2v) is 6.53. The fourth-order valence-electron chi connectivity index (χ4n) is 2.45. The van der Waals surface area contributed by atoms with Crippen LogP contribution in [0.4, 0.5) is 10.2 Å². The van der Waals surface area contributed by atoms with Gasteiger partial charge in [0.1, 0.15) is 5.82 Å². The van der Waals surface area contributed by atoms with Crippen molar-refractivity contribution in [3.63, 3.8) is 0 Å². The zero-order valence-electron chi connectivity index (χ0n) is 12.1. The summed E-state index contributed by atoms with van der Waals surface area (Å²) in [5.74, 6) is 3.79. The predicted molar refractivity (Wildman–Crippen MR) is 84.2 cm³/mol. The number of thioether (sulfide) groups is 1. The second kappa shape index (κ2) is 6.47. The normalized spacial score (nSPS) is 18.1. The molecule has 0 radical (unpaired) electrons. The summed E-state index contributed by atoms with van der Waals surface area (Å²) in [6.45, 7) is 3.31. The van der Waals surface area contributed by atoms with Gasteiger partial charge in [-0.15, -0.1) is 5.10 Å². The third kappa shape index (κ3) is 3.37. The number of halogens is 1. The third-order valence-electron chi connectivity index (χ3n) is 3.84. The van der Waals surface area contributed by atoms with Gasteiger partial charge in [0.2, 0.25) is 0 Å². The number of hydrogen-bond acceptors (Lipinski definition) is 4. The summed E-state index contributed by atoms with van der Waals surface area (Å²) in [5, 5.41) is 11.7. The van der Waals surface area contributed by atoms with Crippen LogP contribution in [0.5, 0.6) is 0 Å². The van der Waals surface area contributed by atoms with Crippen molar-refractivity contribution in [3.8, 4) is 0 Å². The van der Waals surface area contributed by atoms with E-state index in [-0.39, 0.29) is 5.82 Å². The van der Waals surface area contributed by atoms with E-state index < -0.39 is 0 Å². The SMILES string of the molecule is Cc1c(NCC2CCSC2)nnn1Cc1ccccc1F. The summed E-state index contributed by atoms with van der Waals surface area (Å²) in [6, 6.07) is 6.78. The lowest BCUT2D eigenvalue weighted by Gasteiger charge is -2.10. The minimum absolute atomic E-state index is 0.204. The molecule has 1 aromatic carbocycles. The lowest BCUT2D eigenvalue weighted by atomic mass is 10.1. The first-order chi connectivity index (χ1) is 10.2. The number of nitrogens with one attached hydrogen (secondary N) is 1. The van der Waals surface area contributed by atoms with Crippen LogP contribution in [0.3, 0.4) is 0 Å². The Morgan fingerprint density at radius 3 is 3.05 bits per heavy atom. The summed E-state index contributed by atoms with van der Waals surface area (Å²) >= 11 is 2.01. The molecule has 112 valence electrons. The molecular weight excluding hydrogens is 287 g/mol. The Labute approximate surface area is 128 Å². The maximum atomic E-state index is 13.7. The molecule has 0 spiro atoms. The van der Waals surface area contributed by atoms with E-state index in [0.717, 1.165) is 18.1 Å².